The van der Waals surface area contributed by atoms with E-state index in [1.54, 1.807) is 6.20 Å². The molecule has 3 nitrogen and oxygen atoms in total. The van der Waals surface area contributed by atoms with Crippen LogP contribution in [0.2, 0.25) is 0 Å². The van der Waals surface area contributed by atoms with Crippen molar-refractivity contribution in [1.29, 1.82) is 0 Å². The van der Waals surface area contributed by atoms with Crippen LogP contribution in [0.1, 0.15) is 24.1 Å². The third-order valence-electron chi connectivity index (χ3n) is 3.81. The average Bonchev–Trinajstić information content (AvgIpc) is 2.50. The van der Waals surface area contributed by atoms with Gasteiger partial charge in [0.25, 0.3) is 0 Å². The van der Waals surface area contributed by atoms with Gasteiger partial charge in [-0.2, -0.15) is 0 Å². The summed E-state index contributed by atoms with van der Waals surface area (Å²) >= 11 is 0. The molecule has 1 aromatic heterocycles. The number of aryl methyl sites for hydroxylation is 1. The fourth-order valence-corrected chi connectivity index (χ4v) is 2.55. The number of nitrogens with zero attached hydrogens (tertiary/aromatic N) is 1. The Kier molecular flexibility index (Phi) is 3.48. The lowest BCUT2D eigenvalue weighted by molar-refractivity contribution is 0.472. The number of anilines is 1. The van der Waals surface area contributed by atoms with E-state index < -0.39 is 0 Å². The SMILES string of the molecule is Cc1ccncc1NC(C)c1ccc2ccccc2c1O. The van der Waals surface area contributed by atoms with Crippen molar-refractivity contribution >= 4 is 16.5 Å². The first-order valence-electron chi connectivity index (χ1n) is 7.04. The first kappa shape index (κ1) is 13.4. The van der Waals surface area contributed by atoms with Crippen LogP contribution in [0.3, 0.4) is 0 Å². The number of phenolic OH excluding ortho intramolecular Hbond substituents is 1. The van der Waals surface area contributed by atoms with Crippen LogP contribution in [-0.2, 0) is 0 Å². The zero-order chi connectivity index (χ0) is 14.8. The highest BCUT2D eigenvalue weighted by Crippen LogP contribution is 2.34. The van der Waals surface area contributed by atoms with E-state index in [4.69, 9.17) is 0 Å². The van der Waals surface area contributed by atoms with Gasteiger partial charge in [0, 0.05) is 17.1 Å². The molecule has 3 rings (SSSR count). The Labute approximate surface area is 124 Å². The number of aromatic nitrogens is 1. The molecule has 21 heavy (non-hydrogen) atoms. The zero-order valence-corrected chi connectivity index (χ0v) is 12.2. The lowest BCUT2D eigenvalue weighted by atomic mass is 10.0. The summed E-state index contributed by atoms with van der Waals surface area (Å²) in [5.74, 6) is 0.342. The highest BCUT2D eigenvalue weighted by atomic mass is 16.3. The van der Waals surface area contributed by atoms with Gasteiger partial charge >= 0.3 is 0 Å². The van der Waals surface area contributed by atoms with Gasteiger partial charge in [0.05, 0.1) is 17.9 Å². The molecular weight excluding hydrogens is 260 g/mol. The number of rotatable bonds is 3. The molecule has 1 atom stereocenters. The summed E-state index contributed by atoms with van der Waals surface area (Å²) in [6.07, 6.45) is 3.59. The summed E-state index contributed by atoms with van der Waals surface area (Å²) < 4.78 is 0. The maximum Gasteiger partial charge on any atom is 0.128 e. The molecule has 106 valence electrons. The molecule has 3 aromatic rings. The van der Waals surface area contributed by atoms with Crippen molar-refractivity contribution in [2.24, 2.45) is 0 Å². The summed E-state index contributed by atoms with van der Waals surface area (Å²) in [6.45, 7) is 4.08. The van der Waals surface area contributed by atoms with Crippen molar-refractivity contribution in [2.45, 2.75) is 19.9 Å². The molecule has 0 fully saturated rings. The summed E-state index contributed by atoms with van der Waals surface area (Å²) in [5.41, 5.74) is 3.01. The zero-order valence-electron chi connectivity index (χ0n) is 12.2. The molecule has 0 bridgehead atoms. The lowest BCUT2D eigenvalue weighted by Gasteiger charge is -2.19. The number of aromatic hydroxyl groups is 1. The van der Waals surface area contributed by atoms with E-state index in [-0.39, 0.29) is 6.04 Å². The van der Waals surface area contributed by atoms with Crippen LogP contribution in [0.15, 0.2) is 54.9 Å². The molecule has 0 spiro atoms. The number of nitrogens with one attached hydrogen (secondary N) is 1. The molecule has 0 saturated heterocycles. The van der Waals surface area contributed by atoms with Crippen molar-refractivity contribution in [2.75, 3.05) is 5.32 Å². The molecule has 3 heteroatoms. The Hall–Kier alpha value is -2.55. The summed E-state index contributed by atoms with van der Waals surface area (Å²) in [6, 6.07) is 13.8. The predicted molar refractivity (Wildman–Crippen MR) is 86.6 cm³/mol. The van der Waals surface area contributed by atoms with E-state index in [0.29, 0.717) is 5.75 Å². The number of benzene rings is 2. The molecular formula is C18H18N2O. The van der Waals surface area contributed by atoms with Crippen molar-refractivity contribution in [3.05, 3.63) is 66.0 Å². The van der Waals surface area contributed by atoms with E-state index in [0.717, 1.165) is 27.6 Å². The lowest BCUT2D eigenvalue weighted by Crippen LogP contribution is -2.08. The van der Waals surface area contributed by atoms with E-state index in [9.17, 15) is 5.11 Å². The molecule has 0 aliphatic heterocycles. The highest BCUT2D eigenvalue weighted by molar-refractivity contribution is 5.89. The molecule has 1 unspecified atom stereocenters. The van der Waals surface area contributed by atoms with Gasteiger partial charge in [-0.1, -0.05) is 36.4 Å². The van der Waals surface area contributed by atoms with Crippen LogP contribution in [0.4, 0.5) is 5.69 Å². The Morgan fingerprint density at radius 1 is 1.10 bits per heavy atom. The molecule has 0 aliphatic rings. The highest BCUT2D eigenvalue weighted by Gasteiger charge is 2.13. The Balaban J connectivity index is 1.97. The molecule has 0 radical (unpaired) electrons. The minimum absolute atomic E-state index is 0.00231. The maximum atomic E-state index is 10.5. The molecule has 0 aliphatic carbocycles. The van der Waals surface area contributed by atoms with Crippen molar-refractivity contribution in [1.82, 2.24) is 4.98 Å². The Bertz CT molecular complexity index is 783. The molecule has 0 amide bonds. The molecule has 1 heterocycles. The third-order valence-corrected chi connectivity index (χ3v) is 3.81. The quantitative estimate of drug-likeness (QED) is 0.745. The van der Waals surface area contributed by atoms with Gasteiger partial charge in [-0.25, -0.2) is 0 Å². The van der Waals surface area contributed by atoms with E-state index in [2.05, 4.69) is 10.3 Å². The van der Waals surface area contributed by atoms with E-state index in [1.165, 1.54) is 0 Å². The molecule has 2 aromatic carbocycles. The van der Waals surface area contributed by atoms with Crippen LogP contribution in [0.25, 0.3) is 10.8 Å². The van der Waals surface area contributed by atoms with Crippen LogP contribution < -0.4 is 5.32 Å². The van der Waals surface area contributed by atoms with Gasteiger partial charge in [0.2, 0.25) is 0 Å². The summed E-state index contributed by atoms with van der Waals surface area (Å²) in [5, 5.41) is 15.8. The molecule has 2 N–H and O–H groups in total. The minimum atomic E-state index is -0.00231. The monoisotopic (exact) mass is 278 g/mol. The van der Waals surface area contributed by atoms with Gasteiger partial charge < -0.3 is 10.4 Å². The third kappa shape index (κ3) is 2.55. The minimum Gasteiger partial charge on any atom is -0.507 e. The normalized spacial score (nSPS) is 12.3. The van der Waals surface area contributed by atoms with E-state index >= 15 is 0 Å². The smallest absolute Gasteiger partial charge is 0.128 e. The van der Waals surface area contributed by atoms with Gasteiger partial charge in [0.15, 0.2) is 0 Å². The van der Waals surface area contributed by atoms with E-state index in [1.807, 2.05) is 62.5 Å². The van der Waals surface area contributed by atoms with Gasteiger partial charge in [-0.05, 0) is 30.9 Å². The van der Waals surface area contributed by atoms with Crippen LogP contribution in [0.5, 0.6) is 5.75 Å². The van der Waals surface area contributed by atoms with Gasteiger partial charge in [-0.15, -0.1) is 0 Å². The largest absolute Gasteiger partial charge is 0.507 e. The number of phenols is 1. The van der Waals surface area contributed by atoms with Crippen molar-refractivity contribution in [3.63, 3.8) is 0 Å². The topological polar surface area (TPSA) is 45.2 Å². The van der Waals surface area contributed by atoms with Crippen LogP contribution in [-0.4, -0.2) is 10.1 Å². The second-order valence-electron chi connectivity index (χ2n) is 5.28. The first-order valence-corrected chi connectivity index (χ1v) is 7.04. The maximum absolute atomic E-state index is 10.5. The number of pyridine rings is 1. The van der Waals surface area contributed by atoms with Crippen LogP contribution >= 0.6 is 0 Å². The Morgan fingerprint density at radius 2 is 1.90 bits per heavy atom. The van der Waals surface area contributed by atoms with Gasteiger partial charge in [0.1, 0.15) is 5.75 Å². The average molecular weight is 278 g/mol. The summed E-state index contributed by atoms with van der Waals surface area (Å²) in [7, 11) is 0. The van der Waals surface area contributed by atoms with Gasteiger partial charge in [-0.3, -0.25) is 4.98 Å². The fraction of sp³-hybridized carbons (Fsp3) is 0.167. The second-order valence-corrected chi connectivity index (χ2v) is 5.28. The van der Waals surface area contributed by atoms with Crippen LogP contribution in [0, 0.1) is 6.92 Å². The Morgan fingerprint density at radius 3 is 2.71 bits per heavy atom. The molecule has 0 saturated carbocycles. The van der Waals surface area contributed by atoms with Crippen molar-refractivity contribution in [3.8, 4) is 5.75 Å². The standard InChI is InChI=1S/C18H18N2O/c1-12-9-10-19-11-17(12)20-13(2)15-8-7-14-5-3-4-6-16(14)18(15)21/h3-11,13,20-21H,1-2H3. The van der Waals surface area contributed by atoms with Crippen molar-refractivity contribution < 1.29 is 5.11 Å². The predicted octanol–water partition coefficient (Wildman–Crippen LogP) is 4.42. The summed E-state index contributed by atoms with van der Waals surface area (Å²) in [4.78, 5) is 4.14. The first-order chi connectivity index (χ1) is 10.2. The second kappa shape index (κ2) is 5.44. The fourth-order valence-electron chi connectivity index (χ4n) is 2.55. The number of fused-ring (bicyclic) bond motifs is 1. The number of hydrogen-bond donors (Lipinski definition) is 2. The number of hydrogen-bond acceptors (Lipinski definition) is 3.